The van der Waals surface area contributed by atoms with Crippen LogP contribution in [-0.2, 0) is 5.60 Å². The second kappa shape index (κ2) is 5.89. The van der Waals surface area contributed by atoms with Crippen molar-refractivity contribution in [2.24, 2.45) is 0 Å². The third-order valence-electron chi connectivity index (χ3n) is 3.71. The molecule has 0 aliphatic heterocycles. The molecule has 0 saturated heterocycles. The Kier molecular flexibility index (Phi) is 3.92. The van der Waals surface area contributed by atoms with Crippen LogP contribution in [0.5, 0.6) is 0 Å². The maximum Gasteiger partial charge on any atom is 0.113 e. The van der Waals surface area contributed by atoms with Gasteiger partial charge in [-0.25, -0.2) is 4.68 Å². The predicted molar refractivity (Wildman–Crippen MR) is 86.5 cm³/mol. The first-order chi connectivity index (χ1) is 10.9. The van der Waals surface area contributed by atoms with Crippen molar-refractivity contribution in [1.82, 2.24) is 25.0 Å². The topological polar surface area (TPSA) is 76.7 Å². The molecule has 0 aliphatic rings. The zero-order valence-electron chi connectivity index (χ0n) is 13.4. The van der Waals surface area contributed by atoms with Crippen molar-refractivity contribution in [3.63, 3.8) is 0 Å². The Balaban J connectivity index is 1.91. The van der Waals surface area contributed by atoms with Gasteiger partial charge in [0, 0.05) is 18.0 Å². The molecule has 6 heteroatoms. The Hall–Kier alpha value is -2.60. The molecule has 0 bridgehead atoms. The Morgan fingerprint density at radius 1 is 1.13 bits per heavy atom. The molecule has 0 aliphatic carbocycles. The van der Waals surface area contributed by atoms with E-state index in [0.717, 1.165) is 17.0 Å². The van der Waals surface area contributed by atoms with Crippen molar-refractivity contribution >= 4 is 0 Å². The van der Waals surface area contributed by atoms with Crippen LogP contribution in [0.3, 0.4) is 0 Å². The fourth-order valence-electron chi connectivity index (χ4n) is 2.28. The Bertz CT molecular complexity index is 792. The molecule has 6 nitrogen and oxygen atoms in total. The first-order valence-electron chi connectivity index (χ1n) is 7.47. The van der Waals surface area contributed by atoms with Crippen molar-refractivity contribution in [3.05, 3.63) is 60.3 Å². The van der Waals surface area contributed by atoms with E-state index in [1.165, 1.54) is 0 Å². The second-order valence-corrected chi connectivity index (χ2v) is 6.00. The third kappa shape index (κ3) is 3.27. The summed E-state index contributed by atoms with van der Waals surface area (Å²) >= 11 is 0. The highest BCUT2D eigenvalue weighted by molar-refractivity contribution is 5.58. The zero-order valence-corrected chi connectivity index (χ0v) is 13.4. The van der Waals surface area contributed by atoms with Crippen LogP contribution in [-0.4, -0.2) is 30.1 Å². The largest absolute Gasteiger partial charge is 0.384 e. The molecule has 0 unspecified atom stereocenters. The fourth-order valence-corrected chi connectivity index (χ4v) is 2.28. The number of aliphatic hydroxyl groups is 1. The summed E-state index contributed by atoms with van der Waals surface area (Å²) in [6.45, 7) is 5.44. The van der Waals surface area contributed by atoms with Gasteiger partial charge in [-0.05, 0) is 45.0 Å². The van der Waals surface area contributed by atoms with Crippen LogP contribution in [0.1, 0.15) is 38.2 Å². The molecular formula is C17H19N5O. The quantitative estimate of drug-likeness (QED) is 0.801. The molecule has 1 N–H and O–H groups in total. The van der Waals surface area contributed by atoms with Gasteiger partial charge in [0.1, 0.15) is 11.3 Å². The number of pyridine rings is 2. The summed E-state index contributed by atoms with van der Waals surface area (Å²) in [5.41, 5.74) is 2.14. The fraction of sp³-hybridized carbons (Fsp3) is 0.294. The molecule has 0 aromatic carbocycles. The predicted octanol–water partition coefficient (Wildman–Crippen LogP) is 2.57. The van der Waals surface area contributed by atoms with E-state index in [0.29, 0.717) is 5.69 Å². The van der Waals surface area contributed by atoms with Crippen LogP contribution < -0.4 is 0 Å². The van der Waals surface area contributed by atoms with Gasteiger partial charge in [0.25, 0.3) is 0 Å². The molecule has 0 spiro atoms. The van der Waals surface area contributed by atoms with Crippen LogP contribution in [0.4, 0.5) is 0 Å². The lowest BCUT2D eigenvalue weighted by Gasteiger charge is -2.16. The summed E-state index contributed by atoms with van der Waals surface area (Å²) < 4.78 is 1.78. The molecular weight excluding hydrogens is 290 g/mol. The summed E-state index contributed by atoms with van der Waals surface area (Å²) in [4.78, 5) is 8.56. The van der Waals surface area contributed by atoms with Crippen molar-refractivity contribution < 1.29 is 5.11 Å². The Morgan fingerprint density at radius 2 is 1.96 bits per heavy atom. The van der Waals surface area contributed by atoms with Gasteiger partial charge < -0.3 is 5.11 Å². The summed E-state index contributed by atoms with van der Waals surface area (Å²) in [7, 11) is 0. The van der Waals surface area contributed by atoms with Crippen molar-refractivity contribution in [3.8, 4) is 11.3 Å². The van der Waals surface area contributed by atoms with E-state index >= 15 is 0 Å². The van der Waals surface area contributed by atoms with Gasteiger partial charge in [-0.15, -0.1) is 5.10 Å². The molecule has 0 amide bonds. The van der Waals surface area contributed by atoms with Gasteiger partial charge >= 0.3 is 0 Å². The van der Waals surface area contributed by atoms with Gasteiger partial charge in [0.15, 0.2) is 0 Å². The van der Waals surface area contributed by atoms with Gasteiger partial charge in [-0.1, -0.05) is 11.3 Å². The molecule has 3 aromatic heterocycles. The lowest BCUT2D eigenvalue weighted by Crippen LogP contribution is -2.17. The number of aromatic nitrogens is 5. The Morgan fingerprint density at radius 3 is 2.65 bits per heavy atom. The second-order valence-electron chi connectivity index (χ2n) is 6.00. The monoisotopic (exact) mass is 309 g/mol. The van der Waals surface area contributed by atoms with Crippen LogP contribution in [0, 0.1) is 0 Å². The van der Waals surface area contributed by atoms with Crippen molar-refractivity contribution in [2.45, 2.75) is 32.4 Å². The van der Waals surface area contributed by atoms with Gasteiger partial charge in [0.2, 0.25) is 0 Å². The first-order valence-corrected chi connectivity index (χ1v) is 7.47. The smallest absolute Gasteiger partial charge is 0.113 e. The Labute approximate surface area is 134 Å². The minimum absolute atomic E-state index is 0.00644. The van der Waals surface area contributed by atoms with Crippen molar-refractivity contribution in [2.75, 3.05) is 0 Å². The first kappa shape index (κ1) is 15.3. The van der Waals surface area contributed by atoms with Crippen LogP contribution in [0.25, 0.3) is 11.3 Å². The van der Waals surface area contributed by atoms with E-state index in [9.17, 15) is 5.11 Å². The minimum Gasteiger partial charge on any atom is -0.384 e. The van der Waals surface area contributed by atoms with Crippen molar-refractivity contribution in [1.29, 1.82) is 0 Å². The molecule has 0 saturated carbocycles. The number of hydrogen-bond acceptors (Lipinski definition) is 5. The standard InChI is InChI=1S/C17H19N5O/c1-12(14-6-4-5-8-18-14)22-11-15(20-21-22)13-7-9-19-16(10-13)17(2,3)23/h4-12,23H,1-3H3/t12-/m1/s1. The third-order valence-corrected chi connectivity index (χ3v) is 3.71. The lowest BCUT2D eigenvalue weighted by atomic mass is 10.0. The molecule has 0 fully saturated rings. The maximum atomic E-state index is 10.1. The average Bonchev–Trinajstić information content (AvgIpc) is 3.04. The van der Waals surface area contributed by atoms with E-state index in [1.54, 1.807) is 30.9 Å². The maximum absolute atomic E-state index is 10.1. The number of nitrogens with zero attached hydrogens (tertiary/aromatic N) is 5. The highest BCUT2D eigenvalue weighted by Gasteiger charge is 2.19. The van der Waals surface area contributed by atoms with Gasteiger partial charge in [-0.3, -0.25) is 9.97 Å². The highest BCUT2D eigenvalue weighted by Crippen LogP contribution is 2.24. The van der Waals surface area contributed by atoms with E-state index in [1.807, 2.05) is 43.5 Å². The summed E-state index contributed by atoms with van der Waals surface area (Å²) in [6, 6.07) is 9.49. The summed E-state index contributed by atoms with van der Waals surface area (Å²) in [5, 5.41) is 18.5. The number of rotatable bonds is 4. The zero-order chi connectivity index (χ0) is 16.4. The van der Waals surface area contributed by atoms with Crippen LogP contribution in [0.15, 0.2) is 48.9 Å². The normalized spacial score (nSPS) is 13.0. The average molecular weight is 309 g/mol. The molecule has 1 atom stereocenters. The van der Waals surface area contributed by atoms with Crippen LogP contribution in [0.2, 0.25) is 0 Å². The molecule has 23 heavy (non-hydrogen) atoms. The lowest BCUT2D eigenvalue weighted by molar-refractivity contribution is 0.0739. The minimum atomic E-state index is -0.993. The summed E-state index contributed by atoms with van der Waals surface area (Å²) in [5.74, 6) is 0. The van der Waals surface area contributed by atoms with E-state index in [-0.39, 0.29) is 6.04 Å². The highest BCUT2D eigenvalue weighted by atomic mass is 16.3. The molecule has 3 aromatic rings. The van der Waals surface area contributed by atoms with Crippen LogP contribution >= 0.6 is 0 Å². The summed E-state index contributed by atoms with van der Waals surface area (Å²) in [6.07, 6.45) is 5.31. The van der Waals surface area contributed by atoms with Gasteiger partial charge in [0.05, 0.1) is 23.6 Å². The SMILES string of the molecule is C[C@H](c1ccccn1)n1cc(-c2ccnc(C(C)(C)O)c2)nn1. The van der Waals surface area contributed by atoms with Gasteiger partial charge in [-0.2, -0.15) is 0 Å². The molecule has 3 heterocycles. The molecule has 118 valence electrons. The van der Waals surface area contributed by atoms with E-state index < -0.39 is 5.60 Å². The number of hydrogen-bond donors (Lipinski definition) is 1. The molecule has 0 radical (unpaired) electrons. The van der Waals surface area contributed by atoms with E-state index in [4.69, 9.17) is 0 Å². The van der Waals surface area contributed by atoms with E-state index in [2.05, 4.69) is 20.3 Å². The molecule has 3 rings (SSSR count).